The summed E-state index contributed by atoms with van der Waals surface area (Å²) < 4.78 is 17.0. The van der Waals surface area contributed by atoms with E-state index in [1.807, 2.05) is 0 Å². The minimum atomic E-state index is -0.792. The van der Waals surface area contributed by atoms with Gasteiger partial charge in [0.15, 0.2) is 6.10 Å². The smallest absolute Gasteiger partial charge is 0.306 e. The first-order valence-electron chi connectivity index (χ1n) is 34.6. The lowest BCUT2D eigenvalue weighted by atomic mass is 10.0. The second-order valence-electron chi connectivity index (χ2n) is 23.1. The van der Waals surface area contributed by atoms with Crippen molar-refractivity contribution < 1.29 is 28.6 Å². The van der Waals surface area contributed by atoms with Gasteiger partial charge in [-0.05, 0) is 122 Å². The third kappa shape index (κ3) is 65.4. The maximum absolute atomic E-state index is 12.9. The zero-order valence-corrected chi connectivity index (χ0v) is 53.1. The summed E-state index contributed by atoms with van der Waals surface area (Å²) in [6.07, 6.45) is 90.2. The summed E-state index contributed by atoms with van der Waals surface area (Å²) >= 11 is 0. The van der Waals surface area contributed by atoms with Crippen LogP contribution in [0.15, 0.2) is 85.1 Å². The van der Waals surface area contributed by atoms with Crippen molar-refractivity contribution >= 4 is 17.9 Å². The molecule has 80 heavy (non-hydrogen) atoms. The van der Waals surface area contributed by atoms with Crippen LogP contribution in [-0.4, -0.2) is 37.2 Å². The normalized spacial score (nSPS) is 12.6. The molecule has 0 aromatic carbocycles. The molecule has 0 spiro atoms. The fourth-order valence-electron chi connectivity index (χ4n) is 9.87. The van der Waals surface area contributed by atoms with Gasteiger partial charge in [0.05, 0.1) is 0 Å². The van der Waals surface area contributed by atoms with E-state index in [2.05, 4.69) is 106 Å². The average Bonchev–Trinajstić information content (AvgIpc) is 3.46. The lowest BCUT2D eigenvalue weighted by molar-refractivity contribution is -0.167. The topological polar surface area (TPSA) is 78.9 Å². The molecule has 0 saturated heterocycles. The van der Waals surface area contributed by atoms with Gasteiger partial charge in [0.2, 0.25) is 0 Å². The largest absolute Gasteiger partial charge is 0.462 e. The molecule has 0 bridgehead atoms. The van der Waals surface area contributed by atoms with Gasteiger partial charge in [0.1, 0.15) is 13.2 Å². The number of carbonyl (C=O) groups excluding carboxylic acids is 3. The lowest BCUT2D eigenvalue weighted by Crippen LogP contribution is -2.30. The quantitative estimate of drug-likeness (QED) is 0.0261. The Morgan fingerprint density at radius 2 is 0.450 bits per heavy atom. The van der Waals surface area contributed by atoms with Gasteiger partial charge in [-0.15, -0.1) is 0 Å². The Kier molecular flexibility index (Phi) is 65.2. The highest BCUT2D eigenvalue weighted by molar-refractivity contribution is 5.71. The lowest BCUT2D eigenvalue weighted by Gasteiger charge is -2.18. The van der Waals surface area contributed by atoms with Gasteiger partial charge < -0.3 is 14.2 Å². The molecule has 0 aliphatic heterocycles. The van der Waals surface area contributed by atoms with E-state index in [9.17, 15) is 14.4 Å². The van der Waals surface area contributed by atoms with Gasteiger partial charge in [-0.3, -0.25) is 14.4 Å². The number of unbranched alkanes of at least 4 members (excludes halogenated alkanes) is 38. The molecule has 0 saturated carbocycles. The van der Waals surface area contributed by atoms with Crippen LogP contribution in [0.3, 0.4) is 0 Å². The number of hydrogen-bond acceptors (Lipinski definition) is 6. The molecule has 0 amide bonds. The molecular formula is C74H130O6. The molecule has 0 aliphatic carbocycles. The molecule has 6 nitrogen and oxygen atoms in total. The molecule has 0 aromatic rings. The first-order valence-corrected chi connectivity index (χ1v) is 34.6. The number of rotatable bonds is 63. The van der Waals surface area contributed by atoms with Gasteiger partial charge in [-0.1, -0.05) is 292 Å². The van der Waals surface area contributed by atoms with Crippen molar-refractivity contribution in [3.63, 3.8) is 0 Å². The molecule has 462 valence electrons. The third-order valence-corrected chi connectivity index (χ3v) is 15.1. The molecule has 6 heteroatoms. The predicted molar refractivity (Wildman–Crippen MR) is 348 cm³/mol. The van der Waals surface area contributed by atoms with Crippen molar-refractivity contribution in [2.24, 2.45) is 0 Å². The maximum Gasteiger partial charge on any atom is 0.306 e. The van der Waals surface area contributed by atoms with E-state index in [-0.39, 0.29) is 31.1 Å². The number of allylic oxidation sites excluding steroid dienone is 14. The van der Waals surface area contributed by atoms with Crippen LogP contribution in [0.5, 0.6) is 0 Å². The van der Waals surface area contributed by atoms with Crippen LogP contribution in [0.2, 0.25) is 0 Å². The fraction of sp³-hybridized carbons (Fsp3) is 0.770. The third-order valence-electron chi connectivity index (χ3n) is 15.1. The van der Waals surface area contributed by atoms with Gasteiger partial charge in [0.25, 0.3) is 0 Å². The minimum absolute atomic E-state index is 0.0855. The van der Waals surface area contributed by atoms with Crippen LogP contribution in [0.1, 0.15) is 348 Å². The van der Waals surface area contributed by atoms with Crippen LogP contribution in [0.25, 0.3) is 0 Å². The van der Waals surface area contributed by atoms with Gasteiger partial charge in [-0.25, -0.2) is 0 Å². The molecule has 0 aromatic heterocycles. The van der Waals surface area contributed by atoms with E-state index >= 15 is 0 Å². The summed E-state index contributed by atoms with van der Waals surface area (Å²) in [5, 5.41) is 0. The van der Waals surface area contributed by atoms with Gasteiger partial charge in [0, 0.05) is 19.3 Å². The number of hydrogen-bond donors (Lipinski definition) is 0. The van der Waals surface area contributed by atoms with Crippen molar-refractivity contribution in [3.05, 3.63) is 85.1 Å². The van der Waals surface area contributed by atoms with E-state index in [0.717, 1.165) is 109 Å². The summed E-state index contributed by atoms with van der Waals surface area (Å²) in [6, 6.07) is 0. The zero-order valence-electron chi connectivity index (χ0n) is 53.1. The van der Waals surface area contributed by atoms with E-state index in [0.29, 0.717) is 19.3 Å². The van der Waals surface area contributed by atoms with Crippen molar-refractivity contribution in [1.82, 2.24) is 0 Å². The van der Waals surface area contributed by atoms with Crippen molar-refractivity contribution in [2.45, 2.75) is 354 Å². The predicted octanol–water partition coefficient (Wildman–Crippen LogP) is 23.8. The number of esters is 3. The minimum Gasteiger partial charge on any atom is -0.462 e. The Labute approximate surface area is 496 Å². The molecule has 0 radical (unpaired) electrons. The number of ether oxygens (including phenoxy) is 3. The molecule has 0 heterocycles. The molecular weight excluding hydrogens is 985 g/mol. The van der Waals surface area contributed by atoms with E-state index in [4.69, 9.17) is 14.2 Å². The molecule has 0 N–H and O–H groups in total. The maximum atomic E-state index is 12.9. The molecule has 1 unspecified atom stereocenters. The number of carbonyl (C=O) groups is 3. The monoisotopic (exact) mass is 1110 g/mol. The van der Waals surface area contributed by atoms with E-state index < -0.39 is 6.10 Å². The summed E-state index contributed by atoms with van der Waals surface area (Å²) in [6.45, 7) is 6.62. The Balaban J connectivity index is 4.37. The van der Waals surface area contributed by atoms with Gasteiger partial charge in [-0.2, -0.15) is 0 Å². The molecule has 0 rings (SSSR count). The standard InChI is InChI=1S/C74H130O6/c1-4-7-10-13-16-19-22-25-28-31-33-35-36-37-38-40-41-43-46-49-52-55-58-61-64-67-73(76)79-70-71(69-78-72(75)66-63-60-57-54-51-48-45-30-27-24-21-18-15-12-9-6-3)80-74(77)68-65-62-59-56-53-50-47-44-42-39-34-32-29-26-23-20-17-14-11-8-5-2/h21-26,30-34,42,44-45,71H,4-20,27-29,35-41,43,46-70H2,1-3H3/b24-21-,25-22-,26-23-,33-31-,34-32-,44-42-,45-30-. The van der Waals surface area contributed by atoms with E-state index in [1.54, 1.807) is 0 Å². The fourth-order valence-corrected chi connectivity index (χ4v) is 9.87. The Hall–Kier alpha value is -3.41. The molecule has 1 atom stereocenters. The van der Waals surface area contributed by atoms with Gasteiger partial charge >= 0.3 is 17.9 Å². The Morgan fingerprint density at radius 3 is 0.713 bits per heavy atom. The average molecular weight is 1120 g/mol. The summed E-state index contributed by atoms with van der Waals surface area (Å²) in [4.78, 5) is 38.4. The van der Waals surface area contributed by atoms with Crippen LogP contribution < -0.4 is 0 Å². The second-order valence-corrected chi connectivity index (χ2v) is 23.1. The van der Waals surface area contributed by atoms with Crippen LogP contribution >= 0.6 is 0 Å². The SMILES string of the molecule is CCCCCC/C=C\C/C=C\CCCCCCCC(=O)OCC(COC(=O)CCCCCCCCCCCCCCC/C=C\C/C=C\CCCCCCC)OC(=O)CCCCCCCC/C=C\C/C=C\C/C=C\CCCCCCC. The van der Waals surface area contributed by atoms with Crippen LogP contribution in [0, 0.1) is 0 Å². The summed E-state index contributed by atoms with van der Waals surface area (Å²) in [7, 11) is 0. The highest BCUT2D eigenvalue weighted by Crippen LogP contribution is 2.16. The van der Waals surface area contributed by atoms with Crippen molar-refractivity contribution in [2.75, 3.05) is 13.2 Å². The van der Waals surface area contributed by atoms with E-state index in [1.165, 1.54) is 199 Å². The first kappa shape index (κ1) is 76.6. The van der Waals surface area contributed by atoms with Crippen LogP contribution in [-0.2, 0) is 28.6 Å². The Morgan fingerprint density at radius 1 is 0.250 bits per heavy atom. The highest BCUT2D eigenvalue weighted by Gasteiger charge is 2.19. The molecule has 0 fully saturated rings. The highest BCUT2D eigenvalue weighted by atomic mass is 16.6. The summed E-state index contributed by atoms with van der Waals surface area (Å²) in [5.41, 5.74) is 0. The first-order chi connectivity index (χ1) is 39.5. The van der Waals surface area contributed by atoms with Crippen LogP contribution in [0.4, 0.5) is 0 Å². The zero-order chi connectivity index (χ0) is 57.8. The van der Waals surface area contributed by atoms with Crippen molar-refractivity contribution in [1.29, 1.82) is 0 Å². The Bertz CT molecular complexity index is 1520. The van der Waals surface area contributed by atoms with Crippen molar-refractivity contribution in [3.8, 4) is 0 Å². The second kappa shape index (κ2) is 68.1. The molecule has 0 aliphatic rings. The summed E-state index contributed by atoms with van der Waals surface area (Å²) in [5.74, 6) is -0.897.